The average Bonchev–Trinajstić information content (AvgIpc) is 1.86. The molecule has 2 aliphatic rings. The Balaban J connectivity index is 1.78. The van der Waals surface area contributed by atoms with Crippen LogP contribution in [0.2, 0.25) is 0 Å². The van der Waals surface area contributed by atoms with E-state index in [1.807, 2.05) is 0 Å². The Kier molecular flexibility index (Phi) is 1.94. The topological polar surface area (TPSA) is 3.24 Å². The van der Waals surface area contributed by atoms with Crippen LogP contribution in [0.4, 0.5) is 0 Å². The predicted octanol–water partition coefficient (Wildman–Crippen LogP) is 1.84. The van der Waals surface area contributed by atoms with Crippen LogP contribution in [0.15, 0.2) is 0 Å². The number of hydrogen-bond donors (Lipinski definition) is 0. The Morgan fingerprint density at radius 2 is 1.80 bits per heavy atom. The first-order valence-corrected chi connectivity index (χ1v) is 4.52. The molecule has 2 rings (SSSR count). The van der Waals surface area contributed by atoms with Crippen molar-refractivity contribution >= 4 is 0 Å². The van der Waals surface area contributed by atoms with Gasteiger partial charge in [-0.05, 0) is 51.6 Å². The van der Waals surface area contributed by atoms with E-state index in [-0.39, 0.29) is 0 Å². The molecule has 1 heterocycles. The molecule has 0 bridgehead atoms. The second kappa shape index (κ2) is 2.91. The lowest BCUT2D eigenvalue weighted by Crippen LogP contribution is -2.45. The molecule has 0 atom stereocenters. The molecule has 1 radical (unpaired) electrons. The van der Waals surface area contributed by atoms with Crippen molar-refractivity contribution in [3.05, 3.63) is 6.42 Å². The molecule has 1 aliphatic heterocycles. The third-order valence-electron chi connectivity index (χ3n) is 2.82. The van der Waals surface area contributed by atoms with Gasteiger partial charge in [-0.2, -0.15) is 0 Å². The molecular weight excluding hydrogens is 122 g/mol. The van der Waals surface area contributed by atoms with Crippen LogP contribution >= 0.6 is 0 Å². The van der Waals surface area contributed by atoms with E-state index < -0.39 is 0 Å². The van der Waals surface area contributed by atoms with Gasteiger partial charge in [0.05, 0.1) is 0 Å². The lowest BCUT2D eigenvalue weighted by atomic mass is 9.92. The summed E-state index contributed by atoms with van der Waals surface area (Å²) in [5, 5.41) is 0. The fourth-order valence-electron chi connectivity index (χ4n) is 1.98. The highest BCUT2D eigenvalue weighted by Gasteiger charge is 2.24. The number of likely N-dealkylation sites (tertiary alicyclic amines) is 1. The maximum absolute atomic E-state index is 2.65. The molecule has 0 N–H and O–H groups in total. The number of hydrogen-bond acceptors (Lipinski definition) is 1. The van der Waals surface area contributed by atoms with Gasteiger partial charge >= 0.3 is 0 Å². The van der Waals surface area contributed by atoms with Gasteiger partial charge in [-0.15, -0.1) is 0 Å². The summed E-state index contributed by atoms with van der Waals surface area (Å²) in [4.78, 5) is 2.65. The van der Waals surface area contributed by atoms with E-state index >= 15 is 0 Å². The van der Waals surface area contributed by atoms with Crippen molar-refractivity contribution < 1.29 is 0 Å². The lowest BCUT2D eigenvalue weighted by Gasteiger charge is -2.40. The zero-order chi connectivity index (χ0) is 6.81. The van der Waals surface area contributed by atoms with Gasteiger partial charge in [-0.1, -0.05) is 0 Å². The van der Waals surface area contributed by atoms with Crippen molar-refractivity contribution in [2.45, 2.75) is 38.1 Å². The molecule has 1 saturated heterocycles. The highest BCUT2D eigenvalue weighted by molar-refractivity contribution is 4.85. The molecule has 1 aliphatic carbocycles. The van der Waals surface area contributed by atoms with Gasteiger partial charge in [0.25, 0.3) is 0 Å². The van der Waals surface area contributed by atoms with Gasteiger partial charge in [0.2, 0.25) is 0 Å². The van der Waals surface area contributed by atoms with Crippen molar-refractivity contribution in [2.75, 3.05) is 13.1 Å². The molecule has 57 valence electrons. The fraction of sp³-hybridized carbons (Fsp3) is 0.889. The van der Waals surface area contributed by atoms with Crippen molar-refractivity contribution in [3.63, 3.8) is 0 Å². The zero-order valence-corrected chi connectivity index (χ0v) is 6.55. The van der Waals surface area contributed by atoms with E-state index in [0.29, 0.717) is 0 Å². The first kappa shape index (κ1) is 6.66. The van der Waals surface area contributed by atoms with E-state index in [0.717, 1.165) is 6.04 Å². The Hall–Kier alpha value is -0.0400. The predicted molar refractivity (Wildman–Crippen MR) is 42.7 cm³/mol. The summed E-state index contributed by atoms with van der Waals surface area (Å²) in [5.74, 6) is 0. The zero-order valence-electron chi connectivity index (χ0n) is 6.55. The Morgan fingerprint density at radius 1 is 1.10 bits per heavy atom. The van der Waals surface area contributed by atoms with Crippen molar-refractivity contribution in [3.8, 4) is 0 Å². The van der Waals surface area contributed by atoms with Crippen LogP contribution in [0.1, 0.15) is 32.1 Å². The smallest absolute Gasteiger partial charge is 0.00954 e. The Morgan fingerprint density at radius 3 is 2.30 bits per heavy atom. The van der Waals surface area contributed by atoms with Crippen LogP contribution in [-0.4, -0.2) is 24.0 Å². The average molecular weight is 138 g/mol. The highest BCUT2D eigenvalue weighted by atomic mass is 15.2. The number of rotatable bonds is 1. The summed E-state index contributed by atoms with van der Waals surface area (Å²) < 4.78 is 0. The molecule has 0 amide bonds. The molecule has 0 aromatic heterocycles. The third kappa shape index (κ3) is 1.20. The fourth-order valence-corrected chi connectivity index (χ4v) is 1.98. The largest absolute Gasteiger partial charge is 0.300 e. The summed E-state index contributed by atoms with van der Waals surface area (Å²) in [6.45, 7) is 2.76. The van der Waals surface area contributed by atoms with E-state index in [1.54, 1.807) is 0 Å². The first-order valence-electron chi connectivity index (χ1n) is 4.52. The molecule has 1 nitrogen and oxygen atoms in total. The second-order valence-electron chi connectivity index (χ2n) is 3.49. The third-order valence-corrected chi connectivity index (χ3v) is 2.82. The molecule has 1 heteroatoms. The van der Waals surface area contributed by atoms with E-state index in [2.05, 4.69) is 11.3 Å². The Labute approximate surface area is 63.4 Å². The lowest BCUT2D eigenvalue weighted by molar-refractivity contribution is 0.0982. The second-order valence-corrected chi connectivity index (χ2v) is 3.49. The van der Waals surface area contributed by atoms with Crippen molar-refractivity contribution in [1.29, 1.82) is 0 Å². The molecule has 0 aromatic carbocycles. The molecule has 0 aromatic rings. The van der Waals surface area contributed by atoms with E-state index in [1.165, 1.54) is 45.2 Å². The van der Waals surface area contributed by atoms with Gasteiger partial charge in [0.15, 0.2) is 0 Å². The summed E-state index contributed by atoms with van der Waals surface area (Å²) in [6, 6.07) is 0.957. The molecule has 10 heavy (non-hydrogen) atoms. The van der Waals surface area contributed by atoms with Crippen LogP contribution in [0.3, 0.4) is 0 Å². The minimum Gasteiger partial charge on any atom is -0.300 e. The molecule has 0 unspecified atom stereocenters. The maximum atomic E-state index is 2.65. The van der Waals surface area contributed by atoms with E-state index in [4.69, 9.17) is 0 Å². The first-order chi connectivity index (χ1) is 4.97. The van der Waals surface area contributed by atoms with Gasteiger partial charge in [0, 0.05) is 6.04 Å². The molecule has 0 spiro atoms. The van der Waals surface area contributed by atoms with Gasteiger partial charge in [0.1, 0.15) is 0 Å². The standard InChI is InChI=1S/C9H16N/c1-2-5-9(6-3-1)10-7-4-8-10/h1,9H,2-8H2. The summed E-state index contributed by atoms with van der Waals surface area (Å²) in [6.07, 6.45) is 9.47. The van der Waals surface area contributed by atoms with Crippen LogP contribution in [-0.2, 0) is 0 Å². The molecular formula is C9H16N. The SMILES string of the molecule is [CH]1CCC(N2CCC2)CC1. The normalized spacial score (nSPS) is 30.0. The summed E-state index contributed by atoms with van der Waals surface area (Å²) in [7, 11) is 0. The molecule has 1 saturated carbocycles. The van der Waals surface area contributed by atoms with Crippen LogP contribution < -0.4 is 0 Å². The van der Waals surface area contributed by atoms with Crippen LogP contribution in [0.5, 0.6) is 0 Å². The van der Waals surface area contributed by atoms with Gasteiger partial charge < -0.3 is 4.90 Å². The van der Waals surface area contributed by atoms with Gasteiger partial charge in [-0.3, -0.25) is 0 Å². The monoisotopic (exact) mass is 138 g/mol. The van der Waals surface area contributed by atoms with Crippen LogP contribution in [0, 0.1) is 6.42 Å². The van der Waals surface area contributed by atoms with Gasteiger partial charge in [-0.25, -0.2) is 0 Å². The van der Waals surface area contributed by atoms with Crippen molar-refractivity contribution in [1.82, 2.24) is 4.90 Å². The summed E-state index contributed by atoms with van der Waals surface area (Å²) in [5.41, 5.74) is 0. The Bertz CT molecular complexity index is 101. The number of nitrogens with zero attached hydrogens (tertiary/aromatic N) is 1. The minimum atomic E-state index is 0.957. The molecule has 2 fully saturated rings. The van der Waals surface area contributed by atoms with Crippen LogP contribution in [0.25, 0.3) is 0 Å². The summed E-state index contributed by atoms with van der Waals surface area (Å²) >= 11 is 0. The van der Waals surface area contributed by atoms with Crippen molar-refractivity contribution in [2.24, 2.45) is 0 Å². The van der Waals surface area contributed by atoms with E-state index in [9.17, 15) is 0 Å². The highest BCUT2D eigenvalue weighted by Crippen LogP contribution is 2.24. The maximum Gasteiger partial charge on any atom is 0.00954 e. The minimum absolute atomic E-state index is 0.957. The quantitative estimate of drug-likeness (QED) is 0.534.